The van der Waals surface area contributed by atoms with Crippen LogP contribution in [0.25, 0.3) is 10.9 Å². The average molecular weight is 381 g/mol. The number of nitrogens with zero attached hydrogens (tertiary/aromatic N) is 1. The van der Waals surface area contributed by atoms with Crippen molar-refractivity contribution in [2.24, 2.45) is 4.99 Å². The molecule has 0 aliphatic rings. The number of aromatic amines is 1. The SMILES string of the molecule is CN=C(NCCc1c[nH]c2cc(C)ccc12)NCC(=O)Nc1ccc(F)cc1. The molecule has 3 aromatic rings. The summed E-state index contributed by atoms with van der Waals surface area (Å²) < 4.78 is 12.9. The molecule has 1 aromatic heterocycles. The summed E-state index contributed by atoms with van der Waals surface area (Å²) in [6.45, 7) is 2.81. The molecule has 0 aliphatic carbocycles. The zero-order chi connectivity index (χ0) is 19.9. The molecule has 0 bridgehead atoms. The van der Waals surface area contributed by atoms with Crippen LogP contribution in [0.1, 0.15) is 11.1 Å². The lowest BCUT2D eigenvalue weighted by atomic mass is 10.1. The minimum absolute atomic E-state index is 0.0589. The number of H-pyrrole nitrogens is 1. The minimum atomic E-state index is -0.342. The van der Waals surface area contributed by atoms with Crippen molar-refractivity contribution in [2.75, 3.05) is 25.5 Å². The number of halogens is 1. The molecule has 3 rings (SSSR count). The number of nitrogens with one attached hydrogen (secondary N) is 4. The van der Waals surface area contributed by atoms with Crippen molar-refractivity contribution in [2.45, 2.75) is 13.3 Å². The summed E-state index contributed by atoms with van der Waals surface area (Å²) >= 11 is 0. The zero-order valence-corrected chi connectivity index (χ0v) is 16.0. The van der Waals surface area contributed by atoms with E-state index >= 15 is 0 Å². The molecule has 28 heavy (non-hydrogen) atoms. The third-order valence-corrected chi connectivity index (χ3v) is 4.38. The van der Waals surface area contributed by atoms with Gasteiger partial charge in [-0.25, -0.2) is 4.39 Å². The summed E-state index contributed by atoms with van der Waals surface area (Å²) in [5.74, 6) is -0.0300. The third kappa shape index (κ3) is 5.09. The predicted octanol–water partition coefficient (Wildman–Crippen LogP) is 2.96. The Hall–Kier alpha value is -3.35. The van der Waals surface area contributed by atoms with E-state index in [-0.39, 0.29) is 18.3 Å². The highest BCUT2D eigenvalue weighted by molar-refractivity contribution is 5.95. The van der Waals surface area contributed by atoms with Crippen molar-refractivity contribution in [3.05, 3.63) is 65.6 Å². The summed E-state index contributed by atoms with van der Waals surface area (Å²) in [7, 11) is 1.65. The summed E-state index contributed by atoms with van der Waals surface area (Å²) in [6, 6.07) is 12.0. The van der Waals surface area contributed by atoms with Gasteiger partial charge in [0.1, 0.15) is 5.82 Å². The van der Waals surface area contributed by atoms with Crippen LogP contribution in [0.4, 0.5) is 10.1 Å². The number of fused-ring (bicyclic) bond motifs is 1. The molecule has 4 N–H and O–H groups in total. The van der Waals surface area contributed by atoms with Crippen LogP contribution in [0, 0.1) is 12.7 Å². The summed E-state index contributed by atoms with van der Waals surface area (Å²) in [4.78, 5) is 19.4. The van der Waals surface area contributed by atoms with Crippen LogP contribution in [0.2, 0.25) is 0 Å². The minimum Gasteiger partial charge on any atom is -0.361 e. The molecule has 0 atom stereocenters. The quantitative estimate of drug-likeness (QED) is 0.391. The van der Waals surface area contributed by atoms with Gasteiger partial charge in [-0.3, -0.25) is 9.79 Å². The molecule has 0 radical (unpaired) electrons. The van der Waals surface area contributed by atoms with Crippen LogP contribution in [-0.2, 0) is 11.2 Å². The van der Waals surface area contributed by atoms with Gasteiger partial charge in [0, 0.05) is 36.4 Å². The normalized spacial score (nSPS) is 11.5. The standard InChI is InChI=1S/C21H24FN5O/c1-14-3-8-18-15(12-25-19(18)11-14)9-10-24-21(23-2)26-13-20(28)27-17-6-4-16(22)5-7-17/h3-8,11-12,25H,9-10,13H2,1-2H3,(H,27,28)(H2,23,24,26). The Morgan fingerprint density at radius 2 is 1.93 bits per heavy atom. The molecule has 0 spiro atoms. The first-order valence-corrected chi connectivity index (χ1v) is 9.11. The van der Waals surface area contributed by atoms with E-state index in [4.69, 9.17) is 0 Å². The topological polar surface area (TPSA) is 81.3 Å². The molecule has 146 valence electrons. The van der Waals surface area contributed by atoms with Crippen molar-refractivity contribution >= 4 is 28.5 Å². The van der Waals surface area contributed by atoms with Gasteiger partial charge in [-0.05, 0) is 54.8 Å². The van der Waals surface area contributed by atoms with Crippen molar-refractivity contribution < 1.29 is 9.18 Å². The van der Waals surface area contributed by atoms with Crippen molar-refractivity contribution in [1.82, 2.24) is 15.6 Å². The molecule has 1 heterocycles. The van der Waals surface area contributed by atoms with E-state index in [1.807, 2.05) is 6.20 Å². The van der Waals surface area contributed by atoms with Gasteiger partial charge in [0.25, 0.3) is 0 Å². The monoisotopic (exact) mass is 381 g/mol. The molecule has 2 aromatic carbocycles. The van der Waals surface area contributed by atoms with Crippen molar-refractivity contribution in [1.29, 1.82) is 0 Å². The van der Waals surface area contributed by atoms with E-state index in [9.17, 15) is 9.18 Å². The van der Waals surface area contributed by atoms with E-state index in [2.05, 4.69) is 51.0 Å². The van der Waals surface area contributed by atoms with Gasteiger partial charge >= 0.3 is 0 Å². The van der Waals surface area contributed by atoms with Crippen molar-refractivity contribution in [3.63, 3.8) is 0 Å². The Bertz CT molecular complexity index is 978. The predicted molar refractivity (Wildman–Crippen MR) is 111 cm³/mol. The maximum absolute atomic E-state index is 12.9. The number of aliphatic imine (C=N–C) groups is 1. The van der Waals surface area contributed by atoms with Crippen LogP contribution < -0.4 is 16.0 Å². The highest BCUT2D eigenvalue weighted by Crippen LogP contribution is 2.19. The highest BCUT2D eigenvalue weighted by atomic mass is 19.1. The first-order valence-electron chi connectivity index (χ1n) is 9.11. The number of anilines is 1. The van der Waals surface area contributed by atoms with Crippen LogP contribution >= 0.6 is 0 Å². The number of carbonyl (C=O) groups is 1. The molecule has 0 aliphatic heterocycles. The number of carbonyl (C=O) groups excluding carboxylic acids is 1. The number of amides is 1. The number of guanidine groups is 1. The van der Waals surface area contributed by atoms with Gasteiger partial charge in [-0.15, -0.1) is 0 Å². The van der Waals surface area contributed by atoms with Crippen LogP contribution in [0.3, 0.4) is 0 Å². The van der Waals surface area contributed by atoms with E-state index in [1.165, 1.54) is 40.8 Å². The molecular formula is C21H24FN5O. The number of benzene rings is 2. The Morgan fingerprint density at radius 1 is 1.14 bits per heavy atom. The molecule has 0 saturated heterocycles. The Labute approximate surface area is 163 Å². The first kappa shape index (κ1) is 19.4. The summed E-state index contributed by atoms with van der Waals surface area (Å²) in [6.07, 6.45) is 2.85. The number of aryl methyl sites for hydroxylation is 1. The molecule has 7 heteroatoms. The second-order valence-electron chi connectivity index (χ2n) is 6.52. The lowest BCUT2D eigenvalue weighted by molar-refractivity contribution is -0.115. The second kappa shape index (κ2) is 9.03. The molecule has 6 nitrogen and oxygen atoms in total. The number of hydrogen-bond acceptors (Lipinski definition) is 2. The average Bonchev–Trinajstić information content (AvgIpc) is 3.08. The van der Waals surface area contributed by atoms with Gasteiger partial charge < -0.3 is 20.9 Å². The van der Waals surface area contributed by atoms with Crippen LogP contribution in [0.5, 0.6) is 0 Å². The Balaban J connectivity index is 1.45. The summed E-state index contributed by atoms with van der Waals surface area (Å²) in [5.41, 5.74) is 4.13. The number of rotatable bonds is 6. The lowest BCUT2D eigenvalue weighted by Gasteiger charge is -2.12. The van der Waals surface area contributed by atoms with Crippen LogP contribution in [-0.4, -0.2) is 37.0 Å². The van der Waals surface area contributed by atoms with E-state index in [0.29, 0.717) is 18.2 Å². The molecular weight excluding hydrogens is 357 g/mol. The van der Waals surface area contributed by atoms with Gasteiger partial charge in [0.2, 0.25) is 5.91 Å². The van der Waals surface area contributed by atoms with E-state index in [1.54, 1.807) is 7.05 Å². The van der Waals surface area contributed by atoms with Crippen molar-refractivity contribution in [3.8, 4) is 0 Å². The van der Waals surface area contributed by atoms with Gasteiger partial charge in [-0.1, -0.05) is 12.1 Å². The second-order valence-corrected chi connectivity index (χ2v) is 6.52. The molecule has 1 amide bonds. The Morgan fingerprint density at radius 3 is 2.68 bits per heavy atom. The number of hydrogen-bond donors (Lipinski definition) is 4. The smallest absolute Gasteiger partial charge is 0.243 e. The molecule has 0 saturated carbocycles. The molecule has 0 unspecified atom stereocenters. The van der Waals surface area contributed by atoms with E-state index < -0.39 is 0 Å². The van der Waals surface area contributed by atoms with Gasteiger partial charge in [-0.2, -0.15) is 0 Å². The zero-order valence-electron chi connectivity index (χ0n) is 16.0. The maximum atomic E-state index is 12.9. The van der Waals surface area contributed by atoms with E-state index in [0.717, 1.165) is 11.9 Å². The van der Waals surface area contributed by atoms with Gasteiger partial charge in [0.05, 0.1) is 6.54 Å². The fraction of sp³-hybridized carbons (Fsp3) is 0.238. The number of aromatic nitrogens is 1. The third-order valence-electron chi connectivity index (χ3n) is 4.38. The molecule has 0 fully saturated rings. The summed E-state index contributed by atoms with van der Waals surface area (Å²) in [5, 5.41) is 10.1. The van der Waals surface area contributed by atoms with Gasteiger partial charge in [0.15, 0.2) is 5.96 Å². The fourth-order valence-electron chi connectivity index (χ4n) is 2.95. The Kier molecular flexibility index (Phi) is 6.26. The highest BCUT2D eigenvalue weighted by Gasteiger charge is 2.06. The largest absolute Gasteiger partial charge is 0.361 e. The van der Waals surface area contributed by atoms with Crippen LogP contribution in [0.15, 0.2) is 53.7 Å². The maximum Gasteiger partial charge on any atom is 0.243 e. The fourth-order valence-corrected chi connectivity index (χ4v) is 2.95. The lowest BCUT2D eigenvalue weighted by Crippen LogP contribution is -2.42. The first-order chi connectivity index (χ1) is 13.5.